The van der Waals surface area contributed by atoms with Crippen LogP contribution in [-0.2, 0) is 10.2 Å². The first-order valence-corrected chi connectivity index (χ1v) is 9.22. The second kappa shape index (κ2) is 7.37. The molecule has 0 aliphatic carbocycles. The second-order valence-electron chi connectivity index (χ2n) is 6.91. The molecule has 2 aliphatic heterocycles. The first-order valence-electron chi connectivity index (χ1n) is 9.22. The van der Waals surface area contributed by atoms with Crippen LogP contribution in [0.3, 0.4) is 0 Å². The number of nitrogens with one attached hydrogen (secondary N) is 1. The fourth-order valence-corrected chi connectivity index (χ4v) is 4.13. The van der Waals surface area contributed by atoms with Crippen LogP contribution in [0, 0.1) is 0 Å². The minimum Gasteiger partial charge on any atom is -0.381 e. The molecule has 2 aromatic rings. The average molecular weight is 361 g/mol. The van der Waals surface area contributed by atoms with Crippen LogP contribution in [0.15, 0.2) is 71.5 Å². The van der Waals surface area contributed by atoms with E-state index in [4.69, 9.17) is 4.74 Å². The van der Waals surface area contributed by atoms with Gasteiger partial charge in [-0.25, -0.2) is 5.43 Å². The molecular formula is C22H23N3O2. The molecule has 1 fully saturated rings. The van der Waals surface area contributed by atoms with Crippen LogP contribution in [0.4, 0.5) is 5.69 Å². The third-order valence-corrected chi connectivity index (χ3v) is 5.49. The van der Waals surface area contributed by atoms with Crippen molar-refractivity contribution in [3.8, 4) is 0 Å². The molecule has 2 aliphatic rings. The van der Waals surface area contributed by atoms with Crippen molar-refractivity contribution in [1.29, 1.82) is 0 Å². The SMILES string of the molecule is CN1/C(=C\C=N\NC(=O)c2ccccc2)C2(CCOCC2)c2ccccc21. The number of benzene rings is 2. The van der Waals surface area contributed by atoms with Crippen LogP contribution in [-0.4, -0.2) is 32.4 Å². The molecule has 138 valence electrons. The number of likely N-dealkylation sites (N-methyl/N-ethyl adjacent to an activating group) is 1. The number of ether oxygens (including phenoxy) is 1. The molecule has 0 unspecified atom stereocenters. The van der Waals surface area contributed by atoms with Crippen molar-refractivity contribution in [3.05, 3.63) is 77.5 Å². The minimum absolute atomic E-state index is 0.0426. The third-order valence-electron chi connectivity index (χ3n) is 5.49. The predicted molar refractivity (Wildman–Crippen MR) is 107 cm³/mol. The van der Waals surface area contributed by atoms with Crippen LogP contribution in [0.2, 0.25) is 0 Å². The van der Waals surface area contributed by atoms with Gasteiger partial charge >= 0.3 is 0 Å². The summed E-state index contributed by atoms with van der Waals surface area (Å²) in [5.74, 6) is -0.214. The largest absolute Gasteiger partial charge is 0.381 e. The van der Waals surface area contributed by atoms with Crippen molar-refractivity contribution >= 4 is 17.8 Å². The van der Waals surface area contributed by atoms with E-state index in [2.05, 4.69) is 46.7 Å². The standard InChI is InChI=1S/C22H23N3O2/c1-25-19-10-6-5-9-18(19)22(12-15-27-16-13-22)20(25)11-14-23-24-21(26)17-7-3-2-4-8-17/h2-11,14H,12-13,15-16H2,1H3,(H,24,26)/b20-11-,23-14+. The van der Waals surface area contributed by atoms with Gasteiger partial charge in [0.05, 0.1) is 0 Å². The molecule has 0 saturated carbocycles. The highest BCUT2D eigenvalue weighted by atomic mass is 16.5. The summed E-state index contributed by atoms with van der Waals surface area (Å²) in [7, 11) is 2.09. The number of hydrogen-bond acceptors (Lipinski definition) is 4. The Bertz CT molecular complexity index is 883. The van der Waals surface area contributed by atoms with Crippen LogP contribution < -0.4 is 10.3 Å². The van der Waals surface area contributed by atoms with E-state index in [1.54, 1.807) is 18.3 Å². The summed E-state index contributed by atoms with van der Waals surface area (Å²) in [6.07, 6.45) is 5.58. The molecule has 5 heteroatoms. The van der Waals surface area contributed by atoms with Gasteiger partial charge in [-0.1, -0.05) is 36.4 Å². The van der Waals surface area contributed by atoms with E-state index in [0.717, 1.165) is 26.1 Å². The number of amides is 1. The number of fused-ring (bicyclic) bond motifs is 2. The van der Waals surface area contributed by atoms with Crippen molar-refractivity contribution in [2.24, 2.45) is 5.10 Å². The van der Waals surface area contributed by atoms with Crippen LogP contribution in [0.1, 0.15) is 28.8 Å². The molecular weight excluding hydrogens is 338 g/mol. The van der Waals surface area contributed by atoms with Gasteiger partial charge in [0.15, 0.2) is 0 Å². The van der Waals surface area contributed by atoms with Crippen molar-refractivity contribution in [1.82, 2.24) is 5.43 Å². The molecule has 1 N–H and O–H groups in total. The maximum Gasteiger partial charge on any atom is 0.271 e. The smallest absolute Gasteiger partial charge is 0.271 e. The lowest BCUT2D eigenvalue weighted by atomic mass is 9.73. The summed E-state index contributed by atoms with van der Waals surface area (Å²) in [5, 5.41) is 4.13. The van der Waals surface area contributed by atoms with Gasteiger partial charge in [-0.15, -0.1) is 0 Å². The summed E-state index contributed by atoms with van der Waals surface area (Å²) in [6, 6.07) is 17.6. The van der Waals surface area contributed by atoms with Crippen molar-refractivity contribution in [2.45, 2.75) is 18.3 Å². The van der Waals surface area contributed by atoms with Gasteiger partial charge < -0.3 is 9.64 Å². The molecule has 2 heterocycles. The number of hydrogen-bond donors (Lipinski definition) is 1. The van der Waals surface area contributed by atoms with E-state index in [9.17, 15) is 4.79 Å². The number of carbonyl (C=O) groups is 1. The summed E-state index contributed by atoms with van der Waals surface area (Å²) >= 11 is 0. The Morgan fingerprint density at radius 3 is 2.59 bits per heavy atom. The molecule has 2 aromatic carbocycles. The summed E-state index contributed by atoms with van der Waals surface area (Å²) < 4.78 is 5.62. The maximum absolute atomic E-state index is 12.1. The number of allylic oxidation sites excluding steroid dienone is 2. The molecule has 0 bridgehead atoms. The highest BCUT2D eigenvalue weighted by Gasteiger charge is 2.46. The molecule has 0 atom stereocenters. The van der Waals surface area contributed by atoms with Gasteiger partial charge in [-0.2, -0.15) is 5.10 Å². The summed E-state index contributed by atoms with van der Waals surface area (Å²) in [4.78, 5) is 14.3. The molecule has 1 saturated heterocycles. The van der Waals surface area contributed by atoms with Gasteiger partial charge in [0.1, 0.15) is 0 Å². The maximum atomic E-state index is 12.1. The Hall–Kier alpha value is -2.92. The Kier molecular flexibility index (Phi) is 4.77. The van der Waals surface area contributed by atoms with Crippen molar-refractivity contribution in [3.63, 3.8) is 0 Å². The molecule has 27 heavy (non-hydrogen) atoms. The van der Waals surface area contributed by atoms with Crippen LogP contribution >= 0.6 is 0 Å². The third kappa shape index (κ3) is 3.15. The Morgan fingerprint density at radius 1 is 1.11 bits per heavy atom. The number of anilines is 1. The van der Waals surface area contributed by atoms with Crippen LogP contribution in [0.25, 0.3) is 0 Å². The average Bonchev–Trinajstić information content (AvgIpc) is 2.95. The Labute approximate surface area is 159 Å². The highest BCUT2D eigenvalue weighted by molar-refractivity contribution is 5.94. The van der Waals surface area contributed by atoms with Crippen molar-refractivity contribution in [2.75, 3.05) is 25.2 Å². The topological polar surface area (TPSA) is 53.9 Å². The predicted octanol–water partition coefficient (Wildman–Crippen LogP) is 3.48. The van der Waals surface area contributed by atoms with Crippen molar-refractivity contribution < 1.29 is 9.53 Å². The van der Waals surface area contributed by atoms with E-state index in [1.807, 2.05) is 24.3 Å². The fourth-order valence-electron chi connectivity index (χ4n) is 4.13. The number of carbonyl (C=O) groups excluding carboxylic acids is 1. The van der Waals surface area contributed by atoms with E-state index >= 15 is 0 Å². The lowest BCUT2D eigenvalue weighted by Gasteiger charge is -2.36. The van der Waals surface area contributed by atoms with Gasteiger partial charge in [0, 0.05) is 48.8 Å². The van der Waals surface area contributed by atoms with Gasteiger partial charge in [0.25, 0.3) is 5.91 Å². The van der Waals surface area contributed by atoms with E-state index in [1.165, 1.54) is 16.9 Å². The number of nitrogens with zero attached hydrogens (tertiary/aromatic N) is 2. The molecule has 1 spiro atoms. The molecule has 4 rings (SSSR count). The Morgan fingerprint density at radius 2 is 1.81 bits per heavy atom. The Balaban J connectivity index is 1.57. The van der Waals surface area contributed by atoms with Gasteiger partial charge in [0.2, 0.25) is 0 Å². The van der Waals surface area contributed by atoms with Gasteiger partial charge in [-0.3, -0.25) is 4.79 Å². The number of hydrazone groups is 1. The number of para-hydroxylation sites is 1. The first kappa shape index (κ1) is 17.5. The second-order valence-corrected chi connectivity index (χ2v) is 6.91. The zero-order chi connectivity index (χ0) is 18.7. The molecule has 1 amide bonds. The highest BCUT2D eigenvalue weighted by Crippen LogP contribution is 2.52. The van der Waals surface area contributed by atoms with E-state index in [-0.39, 0.29) is 11.3 Å². The summed E-state index contributed by atoms with van der Waals surface area (Å²) in [6.45, 7) is 1.50. The molecule has 0 radical (unpaired) electrons. The monoisotopic (exact) mass is 361 g/mol. The normalized spacial score (nSPS) is 19.6. The first-order chi connectivity index (χ1) is 13.2. The minimum atomic E-state index is -0.214. The quantitative estimate of drug-likeness (QED) is 0.673. The lowest BCUT2D eigenvalue weighted by molar-refractivity contribution is 0.0634. The molecule has 0 aromatic heterocycles. The van der Waals surface area contributed by atoms with E-state index < -0.39 is 0 Å². The fraction of sp³-hybridized carbons (Fsp3) is 0.273. The summed E-state index contributed by atoms with van der Waals surface area (Å²) in [5.41, 5.74) is 6.92. The lowest BCUT2D eigenvalue weighted by Crippen LogP contribution is -2.36. The molecule has 5 nitrogen and oxygen atoms in total. The zero-order valence-corrected chi connectivity index (χ0v) is 15.4. The van der Waals surface area contributed by atoms with E-state index in [0.29, 0.717) is 5.56 Å². The number of rotatable bonds is 3. The zero-order valence-electron chi connectivity index (χ0n) is 15.4. The van der Waals surface area contributed by atoms with Crippen LogP contribution in [0.5, 0.6) is 0 Å². The van der Waals surface area contributed by atoms with Gasteiger partial charge in [-0.05, 0) is 42.7 Å².